The zero-order chi connectivity index (χ0) is 12.5. The molecule has 7 heteroatoms. The SMILES string of the molecule is Cc1ccnc(-n2nccc2NS(C)(=O)=O)c1. The van der Waals surface area contributed by atoms with E-state index < -0.39 is 10.0 Å². The Morgan fingerprint density at radius 2 is 2.06 bits per heavy atom. The fourth-order valence-corrected chi connectivity index (χ4v) is 1.92. The molecule has 90 valence electrons. The first-order valence-corrected chi connectivity index (χ1v) is 6.80. The minimum Gasteiger partial charge on any atom is -0.267 e. The van der Waals surface area contributed by atoms with Crippen LogP contribution in [0.4, 0.5) is 5.82 Å². The number of nitrogens with zero attached hydrogens (tertiary/aromatic N) is 3. The third kappa shape index (κ3) is 2.82. The summed E-state index contributed by atoms with van der Waals surface area (Å²) in [6.07, 6.45) is 4.25. The summed E-state index contributed by atoms with van der Waals surface area (Å²) < 4.78 is 26.2. The van der Waals surface area contributed by atoms with Gasteiger partial charge in [0.05, 0.1) is 12.5 Å². The summed E-state index contributed by atoms with van der Waals surface area (Å²) in [5.74, 6) is 0.937. The van der Waals surface area contributed by atoms with E-state index in [0.29, 0.717) is 11.6 Å². The largest absolute Gasteiger partial charge is 0.267 e. The van der Waals surface area contributed by atoms with Crippen molar-refractivity contribution >= 4 is 15.8 Å². The van der Waals surface area contributed by atoms with E-state index in [1.54, 1.807) is 12.3 Å². The second kappa shape index (κ2) is 4.17. The number of anilines is 1. The highest BCUT2D eigenvalue weighted by molar-refractivity contribution is 7.92. The molecule has 0 aliphatic rings. The summed E-state index contributed by atoms with van der Waals surface area (Å²) in [6, 6.07) is 5.25. The molecular weight excluding hydrogens is 240 g/mol. The van der Waals surface area contributed by atoms with Crippen molar-refractivity contribution in [3.05, 3.63) is 36.2 Å². The molecule has 1 N–H and O–H groups in total. The topological polar surface area (TPSA) is 76.9 Å². The van der Waals surface area contributed by atoms with Crippen molar-refractivity contribution < 1.29 is 8.42 Å². The number of sulfonamides is 1. The molecule has 0 aromatic carbocycles. The quantitative estimate of drug-likeness (QED) is 0.882. The smallest absolute Gasteiger partial charge is 0.230 e. The number of hydrogen-bond donors (Lipinski definition) is 1. The molecular formula is C10H12N4O2S. The third-order valence-corrected chi connectivity index (χ3v) is 2.63. The highest BCUT2D eigenvalue weighted by Crippen LogP contribution is 2.14. The Morgan fingerprint density at radius 3 is 2.71 bits per heavy atom. The molecule has 2 aromatic rings. The molecule has 0 saturated heterocycles. The van der Waals surface area contributed by atoms with Crippen LogP contribution in [0.1, 0.15) is 5.56 Å². The normalized spacial score (nSPS) is 11.4. The molecule has 0 bridgehead atoms. The molecule has 0 aliphatic carbocycles. The minimum atomic E-state index is -3.33. The summed E-state index contributed by atoms with van der Waals surface area (Å²) in [5, 5.41) is 4.04. The van der Waals surface area contributed by atoms with Crippen molar-refractivity contribution in [2.24, 2.45) is 0 Å². The van der Waals surface area contributed by atoms with Gasteiger partial charge in [0, 0.05) is 12.3 Å². The van der Waals surface area contributed by atoms with E-state index >= 15 is 0 Å². The van der Waals surface area contributed by atoms with E-state index in [1.165, 1.54) is 10.9 Å². The molecule has 6 nitrogen and oxygen atoms in total. The molecule has 0 aliphatic heterocycles. The molecule has 0 spiro atoms. The summed E-state index contributed by atoms with van der Waals surface area (Å²) in [7, 11) is -3.33. The van der Waals surface area contributed by atoms with Gasteiger partial charge in [0.1, 0.15) is 5.82 Å². The van der Waals surface area contributed by atoms with Crippen LogP contribution in [-0.2, 0) is 10.0 Å². The molecule has 0 amide bonds. The van der Waals surface area contributed by atoms with Crippen LogP contribution in [0.25, 0.3) is 5.82 Å². The number of rotatable bonds is 3. The van der Waals surface area contributed by atoms with Gasteiger partial charge in [0.2, 0.25) is 10.0 Å². The lowest BCUT2D eigenvalue weighted by molar-refractivity contribution is 0.606. The monoisotopic (exact) mass is 252 g/mol. The highest BCUT2D eigenvalue weighted by Gasteiger charge is 2.09. The first-order valence-electron chi connectivity index (χ1n) is 4.90. The van der Waals surface area contributed by atoms with Gasteiger partial charge in [-0.3, -0.25) is 4.72 Å². The summed E-state index contributed by atoms with van der Waals surface area (Å²) in [6.45, 7) is 1.93. The number of hydrogen-bond acceptors (Lipinski definition) is 4. The van der Waals surface area contributed by atoms with Crippen LogP contribution in [0, 0.1) is 6.92 Å². The average molecular weight is 252 g/mol. The van der Waals surface area contributed by atoms with Crippen molar-refractivity contribution in [2.45, 2.75) is 6.92 Å². The van der Waals surface area contributed by atoms with E-state index in [1.807, 2.05) is 19.1 Å². The van der Waals surface area contributed by atoms with E-state index in [9.17, 15) is 8.42 Å². The van der Waals surface area contributed by atoms with Gasteiger partial charge < -0.3 is 0 Å². The zero-order valence-corrected chi connectivity index (χ0v) is 10.3. The second-order valence-electron chi connectivity index (χ2n) is 3.69. The molecule has 2 heterocycles. The van der Waals surface area contributed by atoms with Gasteiger partial charge in [-0.05, 0) is 24.6 Å². The van der Waals surface area contributed by atoms with Crippen molar-refractivity contribution in [2.75, 3.05) is 11.0 Å². The van der Waals surface area contributed by atoms with Gasteiger partial charge in [0.15, 0.2) is 5.82 Å². The maximum absolute atomic E-state index is 11.2. The Morgan fingerprint density at radius 1 is 1.29 bits per heavy atom. The van der Waals surface area contributed by atoms with Gasteiger partial charge >= 0.3 is 0 Å². The van der Waals surface area contributed by atoms with Crippen LogP contribution in [0.15, 0.2) is 30.6 Å². The zero-order valence-electron chi connectivity index (χ0n) is 9.45. The number of aryl methyl sites for hydroxylation is 1. The molecule has 0 radical (unpaired) electrons. The Bertz CT molecular complexity index is 633. The van der Waals surface area contributed by atoms with Crippen LogP contribution >= 0.6 is 0 Å². The highest BCUT2D eigenvalue weighted by atomic mass is 32.2. The van der Waals surface area contributed by atoms with E-state index in [4.69, 9.17) is 0 Å². The predicted octanol–water partition coefficient (Wildman–Crippen LogP) is 0.947. The van der Waals surface area contributed by atoms with Gasteiger partial charge in [-0.25, -0.2) is 13.4 Å². The lowest BCUT2D eigenvalue weighted by Gasteiger charge is -2.07. The standard InChI is InChI=1S/C10H12N4O2S/c1-8-3-5-11-10(7-8)14-9(4-6-12-14)13-17(2,15)16/h3-7,13H,1-2H3. The number of nitrogens with one attached hydrogen (secondary N) is 1. The molecule has 0 atom stereocenters. The molecule has 0 unspecified atom stereocenters. The maximum atomic E-state index is 11.2. The van der Waals surface area contributed by atoms with Gasteiger partial charge in [-0.2, -0.15) is 9.78 Å². The minimum absolute atomic E-state index is 0.366. The molecule has 2 aromatic heterocycles. The van der Waals surface area contributed by atoms with Gasteiger partial charge in [-0.1, -0.05) is 0 Å². The fourth-order valence-electron chi connectivity index (χ4n) is 1.39. The first kappa shape index (κ1) is 11.6. The van der Waals surface area contributed by atoms with Crippen molar-refractivity contribution in [1.29, 1.82) is 0 Å². The van der Waals surface area contributed by atoms with Crippen molar-refractivity contribution in [3.8, 4) is 5.82 Å². The van der Waals surface area contributed by atoms with E-state index in [0.717, 1.165) is 11.8 Å². The Hall–Kier alpha value is -1.89. The molecule has 17 heavy (non-hydrogen) atoms. The van der Waals surface area contributed by atoms with Crippen LogP contribution in [-0.4, -0.2) is 29.4 Å². The van der Waals surface area contributed by atoms with E-state index in [-0.39, 0.29) is 0 Å². The Kier molecular flexibility index (Phi) is 2.84. The first-order chi connectivity index (χ1) is 7.96. The van der Waals surface area contributed by atoms with Crippen LogP contribution < -0.4 is 4.72 Å². The lowest BCUT2D eigenvalue weighted by atomic mass is 10.3. The Balaban J connectivity index is 2.44. The number of pyridine rings is 1. The van der Waals surface area contributed by atoms with Crippen LogP contribution in [0.2, 0.25) is 0 Å². The summed E-state index contributed by atoms with van der Waals surface area (Å²) in [5.41, 5.74) is 1.02. The van der Waals surface area contributed by atoms with Gasteiger partial charge in [0.25, 0.3) is 0 Å². The molecule has 0 fully saturated rings. The van der Waals surface area contributed by atoms with Crippen LogP contribution in [0.3, 0.4) is 0 Å². The second-order valence-corrected chi connectivity index (χ2v) is 5.44. The Labute approximate surface area is 99.4 Å². The fraction of sp³-hybridized carbons (Fsp3) is 0.200. The summed E-state index contributed by atoms with van der Waals surface area (Å²) in [4.78, 5) is 4.14. The summed E-state index contributed by atoms with van der Waals surface area (Å²) >= 11 is 0. The van der Waals surface area contributed by atoms with E-state index in [2.05, 4.69) is 14.8 Å². The average Bonchev–Trinajstić information content (AvgIpc) is 2.63. The van der Waals surface area contributed by atoms with Crippen molar-refractivity contribution in [3.63, 3.8) is 0 Å². The predicted molar refractivity (Wildman–Crippen MR) is 64.6 cm³/mol. The lowest BCUT2D eigenvalue weighted by Crippen LogP contribution is -2.14. The van der Waals surface area contributed by atoms with Crippen LogP contribution in [0.5, 0.6) is 0 Å². The molecule has 2 rings (SSSR count). The third-order valence-electron chi connectivity index (χ3n) is 2.05. The molecule has 0 saturated carbocycles. The van der Waals surface area contributed by atoms with Gasteiger partial charge in [-0.15, -0.1) is 0 Å². The number of aromatic nitrogens is 3. The van der Waals surface area contributed by atoms with Crippen molar-refractivity contribution in [1.82, 2.24) is 14.8 Å². The maximum Gasteiger partial charge on any atom is 0.230 e.